The number of aliphatic imine (C=N–C) groups is 1. The maximum absolute atomic E-state index is 13.2. The number of nitrogens with zero attached hydrogens (tertiary/aromatic N) is 5. The fourth-order valence-electron chi connectivity index (χ4n) is 3.65. The van der Waals surface area contributed by atoms with Crippen molar-refractivity contribution in [2.45, 2.75) is 6.17 Å². The number of hydrogen-bond donors (Lipinski definition) is 2. The van der Waals surface area contributed by atoms with Crippen LogP contribution in [0.1, 0.15) is 11.1 Å². The van der Waals surface area contributed by atoms with Crippen LogP contribution < -0.4 is 15.6 Å². The summed E-state index contributed by atoms with van der Waals surface area (Å²) in [7, 11) is 1.67. The third kappa shape index (κ3) is 3.45. The second-order valence-corrected chi connectivity index (χ2v) is 7.24. The largest absolute Gasteiger partial charge is 0.337 e. The highest BCUT2D eigenvalue weighted by molar-refractivity contribution is 6.20. The molecule has 5 rings (SSSR count). The van der Waals surface area contributed by atoms with Crippen LogP contribution in [0.3, 0.4) is 0 Å². The Bertz CT molecular complexity index is 1350. The van der Waals surface area contributed by atoms with Crippen LogP contribution >= 0.6 is 0 Å². The predicted molar refractivity (Wildman–Crippen MR) is 121 cm³/mol. The summed E-state index contributed by atoms with van der Waals surface area (Å²) in [6, 6.07) is 23.7. The molecular weight excluding hydrogens is 406 g/mol. The van der Waals surface area contributed by atoms with E-state index in [1.807, 2.05) is 66.7 Å². The number of nitrogens with one attached hydrogen (secondary N) is 2. The maximum atomic E-state index is 13.2. The number of likely N-dealkylation sites (N-methyl/N-ethyl adjacent to an activating group) is 1. The molecular formula is C23H19N7O2. The summed E-state index contributed by atoms with van der Waals surface area (Å²) in [5, 5.41) is 10.6. The van der Waals surface area contributed by atoms with Gasteiger partial charge in [-0.05, 0) is 23.4 Å². The minimum atomic E-state index is -1.13. The Kier molecular flexibility index (Phi) is 4.83. The molecule has 1 atom stereocenters. The molecule has 0 saturated carbocycles. The Labute approximate surface area is 183 Å². The highest BCUT2D eigenvalue weighted by atomic mass is 16.2. The van der Waals surface area contributed by atoms with E-state index in [-0.39, 0.29) is 5.91 Å². The Hall–Kier alpha value is -4.53. The Morgan fingerprint density at radius 2 is 1.66 bits per heavy atom. The monoisotopic (exact) mass is 425 g/mol. The van der Waals surface area contributed by atoms with Crippen LogP contribution in [-0.2, 0) is 4.79 Å². The summed E-state index contributed by atoms with van der Waals surface area (Å²) in [4.78, 5) is 33.3. The zero-order valence-corrected chi connectivity index (χ0v) is 17.1. The smallest absolute Gasteiger partial charge is 0.311 e. The van der Waals surface area contributed by atoms with Gasteiger partial charge >= 0.3 is 6.03 Å². The number of para-hydroxylation sites is 2. The topological polar surface area (TPSA) is 105 Å². The van der Waals surface area contributed by atoms with Gasteiger partial charge in [0.05, 0.1) is 11.4 Å². The lowest BCUT2D eigenvalue weighted by Crippen LogP contribution is -2.48. The first kappa shape index (κ1) is 19.4. The summed E-state index contributed by atoms with van der Waals surface area (Å²) in [5.41, 5.74) is 6.85. The van der Waals surface area contributed by atoms with E-state index in [0.717, 1.165) is 11.1 Å². The first-order valence-corrected chi connectivity index (χ1v) is 10.00. The Balaban J connectivity index is 1.49. The van der Waals surface area contributed by atoms with Gasteiger partial charge < -0.3 is 10.2 Å². The molecule has 1 aliphatic heterocycles. The number of aromatic nitrogens is 3. The molecule has 3 amide bonds. The number of benzodiazepines with no additional fused rings is 1. The molecule has 0 spiro atoms. The third-order valence-corrected chi connectivity index (χ3v) is 5.22. The highest BCUT2D eigenvalue weighted by Crippen LogP contribution is 2.27. The summed E-state index contributed by atoms with van der Waals surface area (Å²) < 4.78 is 0. The van der Waals surface area contributed by atoms with Crippen molar-refractivity contribution in [3.8, 4) is 0 Å². The lowest BCUT2D eigenvalue weighted by Gasteiger charge is -2.20. The number of hydrogen-bond acceptors (Lipinski definition) is 5. The van der Waals surface area contributed by atoms with Crippen LogP contribution in [0.5, 0.6) is 0 Å². The van der Waals surface area contributed by atoms with Crippen LogP contribution in [0.25, 0.3) is 11.0 Å². The lowest BCUT2D eigenvalue weighted by atomic mass is 10.0. The van der Waals surface area contributed by atoms with Crippen LogP contribution in [0.4, 0.5) is 10.5 Å². The minimum Gasteiger partial charge on any atom is -0.311 e. The van der Waals surface area contributed by atoms with E-state index in [9.17, 15) is 9.59 Å². The number of amides is 3. The van der Waals surface area contributed by atoms with Gasteiger partial charge in [-0.3, -0.25) is 4.79 Å². The molecule has 0 fully saturated rings. The molecule has 1 aliphatic rings. The number of anilines is 1. The fourth-order valence-corrected chi connectivity index (χ4v) is 3.65. The number of fused-ring (bicyclic) bond motifs is 2. The number of rotatable bonds is 3. The van der Waals surface area contributed by atoms with Crippen molar-refractivity contribution in [1.29, 1.82) is 0 Å². The predicted octanol–water partition coefficient (Wildman–Crippen LogP) is 2.52. The van der Waals surface area contributed by atoms with Gasteiger partial charge in [0.15, 0.2) is 0 Å². The average molecular weight is 425 g/mol. The molecule has 0 radical (unpaired) electrons. The number of carbonyl (C=O) groups is 2. The molecule has 9 nitrogen and oxygen atoms in total. The van der Waals surface area contributed by atoms with Crippen molar-refractivity contribution in [3.05, 3.63) is 90.0 Å². The van der Waals surface area contributed by atoms with Crippen molar-refractivity contribution < 1.29 is 9.59 Å². The van der Waals surface area contributed by atoms with Crippen molar-refractivity contribution in [2.24, 2.45) is 4.99 Å². The average Bonchev–Trinajstić information content (AvgIpc) is 3.20. The quantitative estimate of drug-likeness (QED) is 0.526. The van der Waals surface area contributed by atoms with Crippen molar-refractivity contribution in [3.63, 3.8) is 0 Å². The van der Waals surface area contributed by atoms with Gasteiger partial charge in [0, 0.05) is 18.2 Å². The standard InChI is InChI=1S/C23H19N7O2/c1-29-18-13-7-5-11-16(18)20(15-9-3-2-4-10-15)24-21(22(29)31)25-23(32)27-30-19-14-8-6-12-17(19)26-28-30/h2-14,21H,1H3,(H2,25,27,32). The van der Waals surface area contributed by atoms with E-state index in [1.165, 1.54) is 9.69 Å². The SMILES string of the molecule is CN1C(=O)C(NC(=O)Nn2nnc3ccccc32)N=C(c2ccccc2)c2ccccc21. The van der Waals surface area contributed by atoms with E-state index < -0.39 is 12.2 Å². The Morgan fingerprint density at radius 3 is 2.50 bits per heavy atom. The Morgan fingerprint density at radius 1 is 0.938 bits per heavy atom. The molecule has 1 unspecified atom stereocenters. The van der Waals surface area contributed by atoms with E-state index in [4.69, 9.17) is 0 Å². The van der Waals surface area contributed by atoms with E-state index in [2.05, 4.69) is 26.0 Å². The molecule has 158 valence electrons. The van der Waals surface area contributed by atoms with Gasteiger partial charge in [0.25, 0.3) is 5.91 Å². The molecule has 2 N–H and O–H groups in total. The highest BCUT2D eigenvalue weighted by Gasteiger charge is 2.31. The minimum absolute atomic E-state index is 0.359. The zero-order valence-electron chi connectivity index (χ0n) is 17.1. The van der Waals surface area contributed by atoms with E-state index >= 15 is 0 Å². The molecule has 2 heterocycles. The van der Waals surface area contributed by atoms with Crippen molar-refractivity contribution in [2.75, 3.05) is 17.4 Å². The van der Waals surface area contributed by atoms with Crippen LogP contribution in [-0.4, -0.2) is 46.0 Å². The maximum Gasteiger partial charge on any atom is 0.337 e. The van der Waals surface area contributed by atoms with E-state index in [1.54, 1.807) is 19.2 Å². The van der Waals surface area contributed by atoms with Crippen LogP contribution in [0.15, 0.2) is 83.9 Å². The first-order valence-electron chi connectivity index (χ1n) is 10.00. The fraction of sp³-hybridized carbons (Fsp3) is 0.0870. The van der Waals surface area contributed by atoms with Gasteiger partial charge in [0.2, 0.25) is 6.17 Å². The summed E-state index contributed by atoms with van der Waals surface area (Å²) in [6.45, 7) is 0. The molecule has 4 aromatic rings. The first-order chi connectivity index (χ1) is 15.6. The van der Waals surface area contributed by atoms with Crippen molar-refractivity contribution >= 4 is 34.4 Å². The van der Waals surface area contributed by atoms with E-state index in [0.29, 0.717) is 22.4 Å². The molecule has 0 bridgehead atoms. The summed E-state index contributed by atoms with van der Waals surface area (Å²) in [5.74, 6) is -0.359. The molecule has 0 saturated heterocycles. The van der Waals surface area contributed by atoms with Gasteiger partial charge in [0.1, 0.15) is 11.0 Å². The van der Waals surface area contributed by atoms with Gasteiger partial charge in [-0.25, -0.2) is 15.2 Å². The molecule has 3 aromatic carbocycles. The number of benzene rings is 3. The number of urea groups is 1. The van der Waals surface area contributed by atoms with Crippen LogP contribution in [0, 0.1) is 0 Å². The van der Waals surface area contributed by atoms with Crippen molar-refractivity contribution in [1.82, 2.24) is 20.4 Å². The third-order valence-electron chi connectivity index (χ3n) is 5.22. The summed E-state index contributed by atoms with van der Waals surface area (Å²) >= 11 is 0. The molecule has 9 heteroatoms. The van der Waals surface area contributed by atoms with Crippen LogP contribution in [0.2, 0.25) is 0 Å². The van der Waals surface area contributed by atoms with Gasteiger partial charge in [-0.1, -0.05) is 60.7 Å². The van der Waals surface area contributed by atoms with Gasteiger partial charge in [-0.15, -0.1) is 9.89 Å². The molecule has 0 aliphatic carbocycles. The molecule has 1 aromatic heterocycles. The normalized spacial score (nSPS) is 15.7. The second kappa shape index (κ2) is 7.95. The lowest BCUT2D eigenvalue weighted by molar-refractivity contribution is -0.119. The second-order valence-electron chi connectivity index (χ2n) is 7.24. The molecule has 32 heavy (non-hydrogen) atoms. The summed E-state index contributed by atoms with van der Waals surface area (Å²) in [6.07, 6.45) is -1.13. The zero-order chi connectivity index (χ0) is 22.1. The van der Waals surface area contributed by atoms with Gasteiger partial charge in [-0.2, -0.15) is 0 Å². The number of carbonyl (C=O) groups excluding carboxylic acids is 2.